The van der Waals surface area contributed by atoms with Crippen LogP contribution in [0.2, 0.25) is 0 Å². The van der Waals surface area contributed by atoms with Gasteiger partial charge in [0.05, 0.1) is 7.11 Å². The van der Waals surface area contributed by atoms with Gasteiger partial charge in [-0.05, 0) is 29.8 Å². The summed E-state index contributed by atoms with van der Waals surface area (Å²) in [6.45, 7) is 0. The third-order valence-corrected chi connectivity index (χ3v) is 4.43. The molecule has 0 bridgehead atoms. The highest BCUT2D eigenvalue weighted by Gasteiger charge is 2.12. The van der Waals surface area contributed by atoms with Gasteiger partial charge in [0.15, 0.2) is 22.5 Å². The van der Waals surface area contributed by atoms with Crippen LogP contribution >= 0.6 is 11.8 Å². The summed E-state index contributed by atoms with van der Waals surface area (Å²) in [5, 5.41) is 9.16. The summed E-state index contributed by atoms with van der Waals surface area (Å²) >= 11 is 1.50. The summed E-state index contributed by atoms with van der Waals surface area (Å²) in [5.74, 6) is 1.23. The zero-order valence-corrected chi connectivity index (χ0v) is 13.5. The zero-order chi connectivity index (χ0) is 16.2. The lowest BCUT2D eigenvalue weighted by Gasteiger charge is -2.06. The molecule has 0 aliphatic heterocycles. The Hall–Kier alpha value is -2.41. The number of thioether (sulfide) groups is 1. The molecular formula is C16H15FN4OS. The lowest BCUT2D eigenvalue weighted by molar-refractivity contribution is 0.386. The lowest BCUT2D eigenvalue weighted by atomic mass is 10.2. The predicted molar refractivity (Wildman–Crippen MR) is 86.7 cm³/mol. The number of benzene rings is 1. The fourth-order valence-electron chi connectivity index (χ4n) is 2.13. The Morgan fingerprint density at radius 1 is 1.26 bits per heavy atom. The van der Waals surface area contributed by atoms with Crippen molar-refractivity contribution in [1.82, 2.24) is 19.7 Å². The topological polar surface area (TPSA) is 52.8 Å². The number of nitrogens with zero attached hydrogens (tertiary/aromatic N) is 4. The molecule has 0 atom stereocenters. The first-order chi connectivity index (χ1) is 11.2. The molecule has 0 spiro atoms. The second-order valence-corrected chi connectivity index (χ2v) is 5.81. The second-order valence-electron chi connectivity index (χ2n) is 4.86. The number of methoxy groups -OCH3 is 1. The summed E-state index contributed by atoms with van der Waals surface area (Å²) < 4.78 is 20.5. The summed E-state index contributed by atoms with van der Waals surface area (Å²) in [6, 6.07) is 8.74. The second kappa shape index (κ2) is 6.78. The zero-order valence-electron chi connectivity index (χ0n) is 12.7. The van der Waals surface area contributed by atoms with Gasteiger partial charge < -0.3 is 9.30 Å². The summed E-state index contributed by atoms with van der Waals surface area (Å²) in [5.41, 5.74) is 1.77. The van der Waals surface area contributed by atoms with Crippen molar-refractivity contribution >= 4 is 11.8 Å². The molecule has 118 valence electrons. The maximum Gasteiger partial charge on any atom is 0.191 e. The van der Waals surface area contributed by atoms with Gasteiger partial charge in [-0.15, -0.1) is 10.2 Å². The molecule has 0 N–H and O–H groups in total. The molecule has 3 rings (SSSR count). The molecule has 0 saturated carbocycles. The van der Waals surface area contributed by atoms with Gasteiger partial charge in [-0.25, -0.2) is 4.39 Å². The number of aromatic nitrogens is 4. The van der Waals surface area contributed by atoms with Crippen LogP contribution < -0.4 is 4.74 Å². The SMILES string of the molecule is COc1ccc(CSc2nnc(-c3cccnc3)n2C)cc1F. The van der Waals surface area contributed by atoms with Crippen molar-refractivity contribution in [3.05, 3.63) is 54.1 Å². The highest BCUT2D eigenvalue weighted by Crippen LogP contribution is 2.26. The minimum Gasteiger partial charge on any atom is -0.494 e. The Balaban J connectivity index is 1.74. The number of halogens is 1. The third kappa shape index (κ3) is 3.34. The van der Waals surface area contributed by atoms with Crippen molar-refractivity contribution in [1.29, 1.82) is 0 Å². The fraction of sp³-hybridized carbons (Fsp3) is 0.188. The molecule has 2 heterocycles. The van der Waals surface area contributed by atoms with E-state index in [1.165, 1.54) is 24.9 Å². The molecule has 3 aromatic rings. The van der Waals surface area contributed by atoms with E-state index >= 15 is 0 Å². The molecular weight excluding hydrogens is 315 g/mol. The summed E-state index contributed by atoms with van der Waals surface area (Å²) in [4.78, 5) is 4.09. The molecule has 0 unspecified atom stereocenters. The van der Waals surface area contributed by atoms with Crippen molar-refractivity contribution in [3.8, 4) is 17.1 Å². The van der Waals surface area contributed by atoms with E-state index in [-0.39, 0.29) is 11.6 Å². The summed E-state index contributed by atoms with van der Waals surface area (Å²) in [6.07, 6.45) is 3.46. The van der Waals surface area contributed by atoms with Crippen molar-refractivity contribution in [3.63, 3.8) is 0 Å². The van der Waals surface area contributed by atoms with Gasteiger partial charge in [0.25, 0.3) is 0 Å². The van der Waals surface area contributed by atoms with Gasteiger partial charge in [0.1, 0.15) is 0 Å². The van der Waals surface area contributed by atoms with Crippen LogP contribution in [0.25, 0.3) is 11.4 Å². The average Bonchev–Trinajstić information content (AvgIpc) is 2.94. The highest BCUT2D eigenvalue weighted by molar-refractivity contribution is 7.98. The molecule has 7 heteroatoms. The van der Waals surface area contributed by atoms with E-state index in [4.69, 9.17) is 4.74 Å². The Morgan fingerprint density at radius 3 is 2.83 bits per heavy atom. The largest absolute Gasteiger partial charge is 0.494 e. The van der Waals surface area contributed by atoms with E-state index in [0.717, 1.165) is 22.1 Å². The Labute approximate surface area is 137 Å². The average molecular weight is 330 g/mol. The van der Waals surface area contributed by atoms with Crippen LogP contribution in [-0.2, 0) is 12.8 Å². The Morgan fingerprint density at radius 2 is 2.13 bits per heavy atom. The van der Waals surface area contributed by atoms with Crippen LogP contribution in [0.5, 0.6) is 5.75 Å². The number of pyridine rings is 1. The maximum absolute atomic E-state index is 13.7. The Kier molecular flexibility index (Phi) is 4.57. The van der Waals surface area contributed by atoms with Gasteiger partial charge in [-0.1, -0.05) is 17.8 Å². The molecule has 0 aliphatic carbocycles. The third-order valence-electron chi connectivity index (χ3n) is 3.34. The van der Waals surface area contributed by atoms with E-state index in [1.807, 2.05) is 29.8 Å². The standard InChI is InChI=1S/C16H15FN4OS/c1-21-15(12-4-3-7-18-9-12)19-20-16(21)23-10-11-5-6-14(22-2)13(17)8-11/h3-9H,10H2,1-2H3. The van der Waals surface area contributed by atoms with Crippen LogP contribution in [0.1, 0.15) is 5.56 Å². The van der Waals surface area contributed by atoms with Crippen LogP contribution in [0.3, 0.4) is 0 Å². The van der Waals surface area contributed by atoms with Crippen molar-refractivity contribution in [2.24, 2.45) is 7.05 Å². The molecule has 0 amide bonds. The lowest BCUT2D eigenvalue weighted by Crippen LogP contribution is -1.95. The van der Waals surface area contributed by atoms with Crippen molar-refractivity contribution in [2.45, 2.75) is 10.9 Å². The first kappa shape index (κ1) is 15.5. The molecule has 0 radical (unpaired) electrons. The molecule has 0 saturated heterocycles. The quantitative estimate of drug-likeness (QED) is 0.672. The van der Waals surface area contributed by atoms with Crippen molar-refractivity contribution in [2.75, 3.05) is 7.11 Å². The van der Waals surface area contributed by atoms with Crippen molar-refractivity contribution < 1.29 is 9.13 Å². The molecule has 1 aromatic carbocycles. The normalized spacial score (nSPS) is 10.7. The fourth-order valence-corrected chi connectivity index (χ4v) is 2.99. The number of rotatable bonds is 5. The van der Waals surface area contributed by atoms with Crippen LogP contribution in [0.15, 0.2) is 47.9 Å². The molecule has 5 nitrogen and oxygen atoms in total. The van der Waals surface area contributed by atoms with E-state index < -0.39 is 0 Å². The van der Waals surface area contributed by atoms with Gasteiger partial charge in [0.2, 0.25) is 0 Å². The van der Waals surface area contributed by atoms with E-state index in [9.17, 15) is 4.39 Å². The van der Waals surface area contributed by atoms with Crippen LogP contribution in [0, 0.1) is 5.82 Å². The molecule has 0 fully saturated rings. The molecule has 23 heavy (non-hydrogen) atoms. The highest BCUT2D eigenvalue weighted by atomic mass is 32.2. The van der Waals surface area contributed by atoms with Crippen LogP contribution in [0.4, 0.5) is 4.39 Å². The smallest absolute Gasteiger partial charge is 0.191 e. The molecule has 0 aliphatic rings. The minimum atomic E-state index is -0.361. The minimum absolute atomic E-state index is 0.247. The van der Waals surface area contributed by atoms with E-state index in [0.29, 0.717) is 5.75 Å². The van der Waals surface area contributed by atoms with Gasteiger partial charge in [0, 0.05) is 30.8 Å². The van der Waals surface area contributed by atoms with Crippen LogP contribution in [-0.4, -0.2) is 26.9 Å². The first-order valence-corrected chi connectivity index (χ1v) is 7.92. The monoisotopic (exact) mass is 330 g/mol. The first-order valence-electron chi connectivity index (χ1n) is 6.94. The predicted octanol–water partition coefficient (Wildman–Crippen LogP) is 3.32. The van der Waals surface area contributed by atoms with E-state index in [1.54, 1.807) is 18.5 Å². The molecule has 2 aromatic heterocycles. The van der Waals surface area contributed by atoms with Gasteiger partial charge in [-0.3, -0.25) is 4.98 Å². The summed E-state index contributed by atoms with van der Waals surface area (Å²) in [7, 11) is 3.35. The van der Waals surface area contributed by atoms with E-state index in [2.05, 4.69) is 15.2 Å². The number of hydrogen-bond donors (Lipinski definition) is 0. The van der Waals surface area contributed by atoms with Gasteiger partial charge >= 0.3 is 0 Å². The van der Waals surface area contributed by atoms with Gasteiger partial charge in [-0.2, -0.15) is 0 Å². The maximum atomic E-state index is 13.7. The number of ether oxygens (including phenoxy) is 1. The Bertz CT molecular complexity index is 807. The number of hydrogen-bond acceptors (Lipinski definition) is 5.